The van der Waals surface area contributed by atoms with Crippen molar-refractivity contribution in [1.82, 2.24) is 4.31 Å². The van der Waals surface area contributed by atoms with E-state index in [0.29, 0.717) is 22.9 Å². The fourth-order valence-electron chi connectivity index (χ4n) is 3.25. The van der Waals surface area contributed by atoms with E-state index in [1.807, 2.05) is 30.3 Å². The van der Waals surface area contributed by atoms with Crippen LogP contribution in [0, 0.1) is 0 Å². The monoisotopic (exact) mass is 522 g/mol. The van der Waals surface area contributed by atoms with Crippen LogP contribution in [0.3, 0.4) is 0 Å². The number of halogens is 2. The molecule has 0 saturated carbocycles. The number of hydrogen-bond acceptors (Lipinski definition) is 5. The van der Waals surface area contributed by atoms with Gasteiger partial charge in [-0.3, -0.25) is 4.79 Å². The van der Waals surface area contributed by atoms with E-state index in [0.717, 1.165) is 9.87 Å². The molecule has 3 aromatic rings. The molecular formula is C24H24Cl2N2O5S. The van der Waals surface area contributed by atoms with Crippen molar-refractivity contribution in [2.24, 2.45) is 0 Å². The maximum atomic E-state index is 13.5. The van der Waals surface area contributed by atoms with Gasteiger partial charge in [-0.05, 0) is 42.3 Å². The lowest BCUT2D eigenvalue weighted by Crippen LogP contribution is -2.39. The molecule has 0 aliphatic rings. The summed E-state index contributed by atoms with van der Waals surface area (Å²) in [6.45, 7) is -0.328. The summed E-state index contributed by atoms with van der Waals surface area (Å²) in [5.74, 6) is 0.123. The summed E-state index contributed by atoms with van der Waals surface area (Å²) >= 11 is 12.0. The summed E-state index contributed by atoms with van der Waals surface area (Å²) < 4.78 is 38.6. The van der Waals surface area contributed by atoms with Crippen LogP contribution >= 0.6 is 23.2 Å². The molecule has 0 fully saturated rings. The van der Waals surface area contributed by atoms with Gasteiger partial charge in [-0.15, -0.1) is 0 Å². The second kappa shape index (κ2) is 11.6. The molecule has 0 spiro atoms. The number of ether oxygens (including phenoxy) is 2. The zero-order valence-electron chi connectivity index (χ0n) is 18.6. The van der Waals surface area contributed by atoms with E-state index in [1.54, 1.807) is 12.1 Å². The molecule has 1 N–H and O–H groups in total. The van der Waals surface area contributed by atoms with Gasteiger partial charge >= 0.3 is 0 Å². The minimum Gasteiger partial charge on any atom is -0.493 e. The zero-order chi connectivity index (χ0) is 24.7. The summed E-state index contributed by atoms with van der Waals surface area (Å²) in [5, 5.41) is 3.32. The summed E-state index contributed by atoms with van der Waals surface area (Å²) in [7, 11) is -1.17. The van der Waals surface area contributed by atoms with Crippen LogP contribution in [-0.2, 0) is 21.2 Å². The number of carbonyl (C=O) groups excluding carboxylic acids is 1. The Hall–Kier alpha value is -2.78. The molecule has 3 rings (SSSR count). The van der Waals surface area contributed by atoms with Gasteiger partial charge in [0.1, 0.15) is 0 Å². The second-order valence-corrected chi connectivity index (χ2v) is 10.0. The Balaban J connectivity index is 1.88. The van der Waals surface area contributed by atoms with E-state index in [1.165, 1.54) is 38.5 Å². The molecule has 34 heavy (non-hydrogen) atoms. The molecule has 180 valence electrons. The van der Waals surface area contributed by atoms with Gasteiger partial charge in [-0.1, -0.05) is 53.5 Å². The second-order valence-electron chi connectivity index (χ2n) is 7.26. The number of nitrogens with zero attached hydrogens (tertiary/aromatic N) is 1. The van der Waals surface area contributed by atoms with Crippen LogP contribution in [0.15, 0.2) is 71.6 Å². The molecule has 3 aromatic carbocycles. The topological polar surface area (TPSA) is 84.9 Å². The van der Waals surface area contributed by atoms with Gasteiger partial charge in [-0.25, -0.2) is 8.42 Å². The fourth-order valence-corrected chi connectivity index (χ4v) is 5.12. The summed E-state index contributed by atoms with van der Waals surface area (Å²) in [5.41, 5.74) is 1.28. The molecule has 0 aliphatic carbocycles. The first kappa shape index (κ1) is 25.8. The van der Waals surface area contributed by atoms with Crippen molar-refractivity contribution in [2.45, 2.75) is 11.3 Å². The van der Waals surface area contributed by atoms with Crippen molar-refractivity contribution in [3.8, 4) is 11.5 Å². The number of sulfonamides is 1. The van der Waals surface area contributed by atoms with Crippen molar-refractivity contribution in [2.75, 3.05) is 32.6 Å². The third kappa shape index (κ3) is 6.42. The Morgan fingerprint density at radius 1 is 0.941 bits per heavy atom. The first-order chi connectivity index (χ1) is 16.2. The zero-order valence-corrected chi connectivity index (χ0v) is 21.0. The van der Waals surface area contributed by atoms with E-state index in [-0.39, 0.29) is 22.2 Å². The standard InChI is InChI=1S/C24H24Cl2N2O5S/c1-32-22-11-9-19(15-23(22)33-2)34(30,31)28(13-12-17-6-4-3-5-7-17)16-24(29)27-21-10-8-18(25)14-20(21)26/h3-11,14-15H,12-13,16H2,1-2H3,(H,27,29). The number of methoxy groups -OCH3 is 2. The SMILES string of the molecule is COc1ccc(S(=O)(=O)N(CCc2ccccc2)CC(=O)Nc2ccc(Cl)cc2Cl)cc1OC. The Kier molecular flexibility index (Phi) is 8.79. The van der Waals surface area contributed by atoms with Gasteiger partial charge in [0.15, 0.2) is 11.5 Å². The Bertz CT molecular complexity index is 1250. The highest BCUT2D eigenvalue weighted by atomic mass is 35.5. The van der Waals surface area contributed by atoms with Gasteiger partial charge in [0, 0.05) is 17.6 Å². The molecule has 0 unspecified atom stereocenters. The van der Waals surface area contributed by atoms with Crippen LogP contribution in [0.4, 0.5) is 5.69 Å². The minimum absolute atomic E-state index is 0.0180. The maximum absolute atomic E-state index is 13.5. The third-order valence-corrected chi connectivity index (χ3v) is 7.40. The van der Waals surface area contributed by atoms with Gasteiger partial charge in [0.2, 0.25) is 15.9 Å². The predicted octanol–water partition coefficient (Wildman–Crippen LogP) is 4.88. The largest absolute Gasteiger partial charge is 0.493 e. The highest BCUT2D eigenvalue weighted by Crippen LogP contribution is 2.31. The number of amides is 1. The molecule has 0 atom stereocenters. The van der Waals surface area contributed by atoms with Gasteiger partial charge < -0.3 is 14.8 Å². The van der Waals surface area contributed by atoms with Gasteiger partial charge in [0.05, 0.1) is 36.4 Å². The molecule has 10 heteroatoms. The number of carbonyl (C=O) groups is 1. The van der Waals surface area contributed by atoms with Crippen molar-refractivity contribution in [3.05, 3.63) is 82.3 Å². The Labute approximate surface area is 209 Å². The molecule has 0 aromatic heterocycles. The van der Waals surface area contributed by atoms with Crippen LogP contribution in [0.25, 0.3) is 0 Å². The van der Waals surface area contributed by atoms with Crippen LogP contribution < -0.4 is 14.8 Å². The molecule has 0 bridgehead atoms. The molecule has 1 amide bonds. The Morgan fingerprint density at radius 3 is 2.29 bits per heavy atom. The lowest BCUT2D eigenvalue weighted by molar-refractivity contribution is -0.116. The van der Waals surface area contributed by atoms with Crippen molar-refractivity contribution >= 4 is 44.8 Å². The maximum Gasteiger partial charge on any atom is 0.243 e. The van der Waals surface area contributed by atoms with Gasteiger partial charge in [-0.2, -0.15) is 4.31 Å². The first-order valence-electron chi connectivity index (χ1n) is 10.3. The van der Waals surface area contributed by atoms with E-state index in [4.69, 9.17) is 32.7 Å². The minimum atomic E-state index is -4.05. The molecule has 0 saturated heterocycles. The Morgan fingerprint density at radius 2 is 1.65 bits per heavy atom. The summed E-state index contributed by atoms with van der Waals surface area (Å²) in [6, 6.07) is 18.3. The van der Waals surface area contributed by atoms with Crippen molar-refractivity contribution in [1.29, 1.82) is 0 Å². The number of anilines is 1. The fraction of sp³-hybridized carbons (Fsp3) is 0.208. The lowest BCUT2D eigenvalue weighted by Gasteiger charge is -2.22. The number of rotatable bonds is 10. The molecular weight excluding hydrogens is 499 g/mol. The summed E-state index contributed by atoms with van der Waals surface area (Å²) in [4.78, 5) is 12.8. The van der Waals surface area contributed by atoms with Crippen molar-refractivity contribution in [3.63, 3.8) is 0 Å². The molecule has 0 aliphatic heterocycles. The lowest BCUT2D eigenvalue weighted by atomic mass is 10.1. The normalized spacial score (nSPS) is 11.3. The van der Waals surface area contributed by atoms with Crippen LogP contribution in [0.1, 0.15) is 5.56 Å². The van der Waals surface area contributed by atoms with E-state index < -0.39 is 22.5 Å². The number of hydrogen-bond donors (Lipinski definition) is 1. The summed E-state index contributed by atoms with van der Waals surface area (Å²) in [6.07, 6.45) is 0.419. The van der Waals surface area contributed by atoms with Crippen LogP contribution in [0.5, 0.6) is 11.5 Å². The van der Waals surface area contributed by atoms with Gasteiger partial charge in [0.25, 0.3) is 0 Å². The van der Waals surface area contributed by atoms with Crippen LogP contribution in [0.2, 0.25) is 10.0 Å². The van der Waals surface area contributed by atoms with Crippen molar-refractivity contribution < 1.29 is 22.7 Å². The average Bonchev–Trinajstić information content (AvgIpc) is 2.83. The average molecular weight is 523 g/mol. The van der Waals surface area contributed by atoms with E-state index in [9.17, 15) is 13.2 Å². The van der Waals surface area contributed by atoms with E-state index >= 15 is 0 Å². The van der Waals surface area contributed by atoms with Crippen LogP contribution in [-0.4, -0.2) is 45.9 Å². The van der Waals surface area contributed by atoms with E-state index in [2.05, 4.69) is 5.32 Å². The predicted molar refractivity (Wildman–Crippen MR) is 134 cm³/mol. The third-order valence-electron chi connectivity index (χ3n) is 5.01. The number of nitrogens with one attached hydrogen (secondary N) is 1. The molecule has 0 radical (unpaired) electrons. The quantitative estimate of drug-likeness (QED) is 0.410. The molecule has 0 heterocycles. The highest BCUT2D eigenvalue weighted by Gasteiger charge is 2.28. The molecule has 7 nitrogen and oxygen atoms in total. The first-order valence-corrected chi connectivity index (χ1v) is 12.4. The highest BCUT2D eigenvalue weighted by molar-refractivity contribution is 7.89. The smallest absolute Gasteiger partial charge is 0.243 e. The number of benzene rings is 3.